The molecule has 55 heavy (non-hydrogen) atoms. The van der Waals surface area contributed by atoms with E-state index in [1.165, 1.54) is 54.9 Å². The highest BCUT2D eigenvalue weighted by molar-refractivity contribution is 6.14. The maximum atomic E-state index is 5.33. The number of hydrogen-bond acceptors (Lipinski definition) is 3. The minimum absolute atomic E-state index is 0.107. The lowest BCUT2D eigenvalue weighted by molar-refractivity contribution is 0.662. The molecule has 0 fully saturated rings. The molecule has 0 radical (unpaired) electrons. The van der Waals surface area contributed by atoms with Crippen LogP contribution in [0.5, 0.6) is 0 Å². The molecule has 0 spiro atoms. The minimum Gasteiger partial charge on any atom is -0.208 e. The lowest BCUT2D eigenvalue weighted by Gasteiger charge is -2.24. The van der Waals surface area contributed by atoms with E-state index in [0.717, 1.165) is 38.2 Å². The third-order valence-electron chi connectivity index (χ3n) is 11.7. The summed E-state index contributed by atoms with van der Waals surface area (Å²) in [7, 11) is 0. The fraction of sp³-hybridized carbons (Fsp3) is 0.0577. The fourth-order valence-electron chi connectivity index (χ4n) is 9.11. The molecule has 0 N–H and O–H groups in total. The molecule has 1 aliphatic carbocycles. The molecular formula is C52H35N3. The standard InChI is InChI=1S/C52H35N3/c1-52(2)47-25-12-11-22-43(47)44-24-13-23-38(48(44)52)32-26-28-33(29-27-32)49-53-50(45-30-34-14-3-5-16-36(34)39-18-7-9-20-41(39)45)55-51(54-49)46-31-35-15-4-6-17-37(35)40-19-8-10-21-42(40)46/h3-31H,1-2H3. The van der Waals surface area contributed by atoms with Crippen LogP contribution in [0.2, 0.25) is 0 Å². The van der Waals surface area contributed by atoms with Crippen molar-refractivity contribution in [2.24, 2.45) is 0 Å². The van der Waals surface area contributed by atoms with Gasteiger partial charge < -0.3 is 0 Å². The van der Waals surface area contributed by atoms with E-state index in [-0.39, 0.29) is 5.41 Å². The van der Waals surface area contributed by atoms with E-state index in [2.05, 4.69) is 190 Å². The summed E-state index contributed by atoms with van der Waals surface area (Å²) < 4.78 is 0. The van der Waals surface area contributed by atoms with Crippen LogP contribution in [0, 0.1) is 0 Å². The van der Waals surface area contributed by atoms with Crippen LogP contribution < -0.4 is 0 Å². The van der Waals surface area contributed by atoms with E-state index in [9.17, 15) is 0 Å². The molecule has 0 unspecified atom stereocenters. The number of hydrogen-bond donors (Lipinski definition) is 0. The first-order chi connectivity index (χ1) is 27.0. The minimum atomic E-state index is -0.107. The molecule has 258 valence electrons. The molecule has 0 amide bonds. The first-order valence-corrected chi connectivity index (χ1v) is 18.9. The van der Waals surface area contributed by atoms with Crippen molar-refractivity contribution >= 4 is 43.1 Å². The summed E-state index contributed by atoms with van der Waals surface area (Å²) in [6, 6.07) is 63.1. The molecule has 11 rings (SSSR count). The van der Waals surface area contributed by atoms with Gasteiger partial charge in [-0.1, -0.05) is 178 Å². The predicted octanol–water partition coefficient (Wildman–Crippen LogP) is 13.5. The van der Waals surface area contributed by atoms with Gasteiger partial charge in [0.2, 0.25) is 0 Å². The molecule has 10 aromatic rings. The molecule has 9 aromatic carbocycles. The predicted molar refractivity (Wildman–Crippen MR) is 229 cm³/mol. The maximum Gasteiger partial charge on any atom is 0.164 e. The molecule has 0 bridgehead atoms. The Bertz CT molecular complexity index is 3040. The molecule has 1 aliphatic rings. The van der Waals surface area contributed by atoms with E-state index in [1.807, 2.05) is 0 Å². The second kappa shape index (κ2) is 12.0. The highest BCUT2D eigenvalue weighted by atomic mass is 15.0. The zero-order valence-electron chi connectivity index (χ0n) is 30.6. The van der Waals surface area contributed by atoms with Gasteiger partial charge in [0.1, 0.15) is 0 Å². The molecule has 1 heterocycles. The van der Waals surface area contributed by atoms with Crippen LogP contribution >= 0.6 is 0 Å². The Morgan fingerprint density at radius 3 is 1.36 bits per heavy atom. The van der Waals surface area contributed by atoms with Gasteiger partial charge in [-0.05, 0) is 88.6 Å². The Morgan fingerprint density at radius 2 is 0.764 bits per heavy atom. The van der Waals surface area contributed by atoms with Crippen molar-refractivity contribution in [3.05, 3.63) is 187 Å². The topological polar surface area (TPSA) is 38.7 Å². The SMILES string of the molecule is CC1(C)c2ccccc2-c2cccc(-c3ccc(-c4nc(-c5cc6ccccc6c6ccccc56)nc(-c5cc6ccccc6c6ccccc56)n4)cc3)c21. The molecule has 0 atom stereocenters. The first kappa shape index (κ1) is 31.5. The van der Waals surface area contributed by atoms with Gasteiger partial charge in [0.05, 0.1) is 0 Å². The van der Waals surface area contributed by atoms with Crippen LogP contribution in [-0.2, 0) is 5.41 Å². The molecular weight excluding hydrogens is 667 g/mol. The summed E-state index contributed by atoms with van der Waals surface area (Å²) >= 11 is 0. The Hall–Kier alpha value is -6.97. The molecule has 3 nitrogen and oxygen atoms in total. The quantitative estimate of drug-likeness (QED) is 0.171. The van der Waals surface area contributed by atoms with Gasteiger partial charge in [-0.15, -0.1) is 0 Å². The summed E-state index contributed by atoms with van der Waals surface area (Å²) in [4.78, 5) is 15.9. The second-order valence-corrected chi connectivity index (χ2v) is 15.2. The van der Waals surface area contributed by atoms with Crippen molar-refractivity contribution in [2.45, 2.75) is 19.3 Å². The van der Waals surface area contributed by atoms with Crippen LogP contribution in [-0.4, -0.2) is 15.0 Å². The Morgan fingerprint density at radius 1 is 0.327 bits per heavy atom. The number of fused-ring (bicyclic) bond motifs is 9. The van der Waals surface area contributed by atoms with Gasteiger partial charge in [0, 0.05) is 22.1 Å². The van der Waals surface area contributed by atoms with Crippen LogP contribution in [0.1, 0.15) is 25.0 Å². The van der Waals surface area contributed by atoms with E-state index < -0.39 is 0 Å². The van der Waals surface area contributed by atoms with Crippen LogP contribution in [0.3, 0.4) is 0 Å². The third kappa shape index (κ3) is 4.86. The Kier molecular flexibility index (Phi) is 6.90. The van der Waals surface area contributed by atoms with E-state index in [1.54, 1.807) is 0 Å². The monoisotopic (exact) mass is 701 g/mol. The summed E-state index contributed by atoms with van der Waals surface area (Å²) in [5.74, 6) is 1.96. The third-order valence-corrected chi connectivity index (χ3v) is 11.7. The number of rotatable bonds is 4. The van der Waals surface area contributed by atoms with E-state index in [4.69, 9.17) is 15.0 Å². The van der Waals surface area contributed by atoms with Gasteiger partial charge in [0.15, 0.2) is 17.5 Å². The summed E-state index contributed by atoms with van der Waals surface area (Å²) in [6.45, 7) is 4.69. The summed E-state index contributed by atoms with van der Waals surface area (Å²) in [6.07, 6.45) is 0. The second-order valence-electron chi connectivity index (χ2n) is 15.2. The summed E-state index contributed by atoms with van der Waals surface area (Å²) in [5.41, 5.74) is 10.6. The number of benzene rings is 9. The van der Waals surface area contributed by atoms with Gasteiger partial charge in [-0.25, -0.2) is 15.0 Å². The highest BCUT2D eigenvalue weighted by Gasteiger charge is 2.37. The highest BCUT2D eigenvalue weighted by Crippen LogP contribution is 2.52. The normalized spacial score (nSPS) is 13.1. The smallest absolute Gasteiger partial charge is 0.164 e. The van der Waals surface area contributed by atoms with Crippen molar-refractivity contribution < 1.29 is 0 Å². The molecule has 0 aliphatic heterocycles. The van der Waals surface area contributed by atoms with Gasteiger partial charge in [0.25, 0.3) is 0 Å². The molecule has 0 saturated heterocycles. The van der Waals surface area contributed by atoms with Gasteiger partial charge in [-0.3, -0.25) is 0 Å². The zero-order valence-corrected chi connectivity index (χ0v) is 30.6. The first-order valence-electron chi connectivity index (χ1n) is 18.9. The Labute approximate surface area is 319 Å². The lowest BCUT2D eigenvalue weighted by Crippen LogP contribution is -2.16. The van der Waals surface area contributed by atoms with Gasteiger partial charge in [-0.2, -0.15) is 0 Å². The molecule has 3 heteroatoms. The lowest BCUT2D eigenvalue weighted by atomic mass is 9.79. The van der Waals surface area contributed by atoms with Crippen molar-refractivity contribution in [3.63, 3.8) is 0 Å². The fourth-order valence-corrected chi connectivity index (χ4v) is 9.11. The van der Waals surface area contributed by atoms with Crippen molar-refractivity contribution in [1.29, 1.82) is 0 Å². The summed E-state index contributed by atoms with van der Waals surface area (Å²) in [5, 5.41) is 9.33. The van der Waals surface area contributed by atoms with Crippen molar-refractivity contribution in [3.8, 4) is 56.4 Å². The number of nitrogens with zero attached hydrogens (tertiary/aromatic N) is 3. The van der Waals surface area contributed by atoms with Crippen LogP contribution in [0.15, 0.2) is 176 Å². The zero-order chi connectivity index (χ0) is 36.7. The van der Waals surface area contributed by atoms with Crippen molar-refractivity contribution in [2.75, 3.05) is 0 Å². The largest absolute Gasteiger partial charge is 0.208 e. The van der Waals surface area contributed by atoms with Crippen LogP contribution in [0.25, 0.3) is 99.5 Å². The average molecular weight is 702 g/mol. The molecule has 1 aromatic heterocycles. The van der Waals surface area contributed by atoms with Crippen molar-refractivity contribution in [1.82, 2.24) is 15.0 Å². The Balaban J connectivity index is 1.13. The van der Waals surface area contributed by atoms with E-state index >= 15 is 0 Å². The van der Waals surface area contributed by atoms with Crippen LogP contribution in [0.4, 0.5) is 0 Å². The van der Waals surface area contributed by atoms with Gasteiger partial charge >= 0.3 is 0 Å². The molecule has 0 saturated carbocycles. The average Bonchev–Trinajstić information content (AvgIpc) is 3.49. The maximum absolute atomic E-state index is 5.33. The number of aromatic nitrogens is 3. The van der Waals surface area contributed by atoms with E-state index in [0.29, 0.717) is 17.5 Å².